The van der Waals surface area contributed by atoms with Crippen molar-refractivity contribution in [3.8, 4) is 0 Å². The Kier molecular flexibility index (Phi) is 8.46. The van der Waals surface area contributed by atoms with E-state index in [1.54, 1.807) is 20.3 Å². The largest absolute Gasteiger partial charge is 0.388 e. The summed E-state index contributed by atoms with van der Waals surface area (Å²) in [5, 5.41) is 25.9. The molecular formula is C22H26BrN11O4. The van der Waals surface area contributed by atoms with Gasteiger partial charge in [0.05, 0.1) is 16.0 Å². The third-order valence-electron chi connectivity index (χ3n) is 5.13. The molecule has 4 amide bonds. The Labute approximate surface area is 225 Å². The summed E-state index contributed by atoms with van der Waals surface area (Å²) in [4.78, 5) is 49.7. The third kappa shape index (κ3) is 6.73. The molecule has 0 radical (unpaired) electrons. The highest BCUT2D eigenvalue weighted by Gasteiger charge is 2.20. The summed E-state index contributed by atoms with van der Waals surface area (Å²) in [6, 6.07) is 4.26. The molecular weight excluding hydrogens is 562 g/mol. The van der Waals surface area contributed by atoms with E-state index in [1.807, 2.05) is 0 Å². The zero-order valence-electron chi connectivity index (χ0n) is 20.8. The number of rotatable bonds is 10. The number of nitrogens with zero attached hydrogens (tertiary/aromatic N) is 5. The summed E-state index contributed by atoms with van der Waals surface area (Å²) in [6.45, 7) is 3.68. The first-order valence-corrected chi connectivity index (χ1v) is 11.8. The van der Waals surface area contributed by atoms with Crippen LogP contribution in [0.4, 0.5) is 17.3 Å². The first-order chi connectivity index (χ1) is 17.8. The molecule has 16 heteroatoms. The van der Waals surface area contributed by atoms with E-state index in [4.69, 9.17) is 11.1 Å². The van der Waals surface area contributed by atoms with Gasteiger partial charge in [0.15, 0.2) is 11.6 Å². The van der Waals surface area contributed by atoms with Gasteiger partial charge in [0.2, 0.25) is 0 Å². The van der Waals surface area contributed by atoms with E-state index in [0.29, 0.717) is 5.69 Å². The minimum atomic E-state index is -0.569. The number of hydrogen-bond acceptors (Lipinski definition) is 7. The molecule has 0 aliphatic rings. The van der Waals surface area contributed by atoms with Gasteiger partial charge in [0.25, 0.3) is 23.6 Å². The van der Waals surface area contributed by atoms with Gasteiger partial charge in [-0.25, -0.2) is 0 Å². The van der Waals surface area contributed by atoms with Crippen LogP contribution in [-0.2, 0) is 25.9 Å². The van der Waals surface area contributed by atoms with Crippen LogP contribution in [0, 0.1) is 5.41 Å². The Morgan fingerprint density at radius 1 is 0.921 bits per heavy atom. The van der Waals surface area contributed by atoms with Crippen molar-refractivity contribution in [2.45, 2.75) is 6.42 Å². The molecule has 0 aliphatic heterocycles. The van der Waals surface area contributed by atoms with Crippen molar-refractivity contribution < 1.29 is 19.2 Å². The molecule has 0 fully saturated rings. The van der Waals surface area contributed by atoms with Crippen LogP contribution >= 0.6 is 15.9 Å². The number of nitrogens with two attached hydrogens (primary N) is 1. The maximum atomic E-state index is 12.8. The number of nitrogens with one attached hydrogen (secondary N) is 5. The van der Waals surface area contributed by atoms with Gasteiger partial charge in [-0.3, -0.25) is 34.0 Å². The Hall–Kier alpha value is -4.73. The van der Waals surface area contributed by atoms with E-state index in [9.17, 15) is 19.2 Å². The van der Waals surface area contributed by atoms with E-state index in [2.05, 4.69) is 54.0 Å². The van der Waals surface area contributed by atoms with Gasteiger partial charge in [0, 0.05) is 52.4 Å². The summed E-state index contributed by atoms with van der Waals surface area (Å²) in [7, 11) is 4.71. The fourth-order valence-corrected chi connectivity index (χ4v) is 3.40. The quantitative estimate of drug-likeness (QED) is 0.114. The molecule has 200 valence electrons. The highest BCUT2D eigenvalue weighted by Crippen LogP contribution is 2.18. The lowest BCUT2D eigenvalue weighted by molar-refractivity contribution is -0.112. The SMILES string of the molecule is C=C(Br)C(=O)Nc1cc(C(=O)Nc2cc(C(=O)Nc3cc(C(=O)NCCC(=N)N)n(C)n3)n(C)n2)n(C)c1. The van der Waals surface area contributed by atoms with Gasteiger partial charge in [-0.15, -0.1) is 0 Å². The smallest absolute Gasteiger partial charge is 0.275 e. The Morgan fingerprint density at radius 3 is 1.97 bits per heavy atom. The van der Waals surface area contributed by atoms with Crippen molar-refractivity contribution in [1.29, 1.82) is 5.41 Å². The molecule has 15 nitrogen and oxygen atoms in total. The van der Waals surface area contributed by atoms with Gasteiger partial charge in [-0.05, 0) is 22.0 Å². The fourth-order valence-electron chi connectivity index (χ4n) is 3.30. The molecule has 0 saturated heterocycles. The van der Waals surface area contributed by atoms with Crippen molar-refractivity contribution >= 4 is 62.7 Å². The average molecular weight is 588 g/mol. The summed E-state index contributed by atoms with van der Waals surface area (Å²) in [6.07, 6.45) is 1.77. The summed E-state index contributed by atoms with van der Waals surface area (Å²) in [5.74, 6) is -1.76. The zero-order chi connectivity index (χ0) is 28.1. The number of carbonyl (C=O) groups is 4. The van der Waals surface area contributed by atoms with Crippen LogP contribution in [0.3, 0.4) is 0 Å². The minimum absolute atomic E-state index is 0.0474. The second-order valence-electron chi connectivity index (χ2n) is 8.10. The highest BCUT2D eigenvalue weighted by molar-refractivity contribution is 9.12. The number of amidine groups is 1. The van der Waals surface area contributed by atoms with Gasteiger partial charge >= 0.3 is 0 Å². The maximum Gasteiger partial charge on any atom is 0.275 e. The first kappa shape index (κ1) is 27.9. The first-order valence-electron chi connectivity index (χ1n) is 11.0. The van der Waals surface area contributed by atoms with E-state index in [1.165, 1.54) is 39.2 Å². The number of amides is 4. The summed E-state index contributed by atoms with van der Waals surface area (Å²) < 4.78 is 4.24. The van der Waals surface area contributed by atoms with Crippen LogP contribution in [-0.4, -0.2) is 60.1 Å². The molecule has 3 heterocycles. The Bertz CT molecular complexity index is 1450. The summed E-state index contributed by atoms with van der Waals surface area (Å²) >= 11 is 2.99. The Balaban J connectivity index is 1.66. The molecule has 3 aromatic rings. The van der Waals surface area contributed by atoms with E-state index in [-0.39, 0.29) is 52.0 Å². The molecule has 0 unspecified atom stereocenters. The number of aryl methyl sites for hydroxylation is 3. The van der Waals surface area contributed by atoms with Gasteiger partial charge < -0.3 is 31.6 Å². The molecule has 0 saturated carbocycles. The second-order valence-corrected chi connectivity index (χ2v) is 9.06. The molecule has 7 N–H and O–H groups in total. The van der Waals surface area contributed by atoms with Crippen LogP contribution in [0.1, 0.15) is 37.9 Å². The molecule has 0 atom stereocenters. The second kappa shape index (κ2) is 11.5. The van der Waals surface area contributed by atoms with E-state index < -0.39 is 23.6 Å². The van der Waals surface area contributed by atoms with E-state index in [0.717, 1.165) is 0 Å². The lowest BCUT2D eigenvalue weighted by Crippen LogP contribution is -2.29. The molecule has 3 rings (SSSR count). The molecule has 0 aliphatic carbocycles. The number of halogens is 1. The monoisotopic (exact) mass is 587 g/mol. The van der Waals surface area contributed by atoms with Crippen LogP contribution < -0.4 is 27.0 Å². The minimum Gasteiger partial charge on any atom is -0.388 e. The molecule has 0 spiro atoms. The molecule has 38 heavy (non-hydrogen) atoms. The molecule has 0 aromatic carbocycles. The molecule has 3 aromatic heterocycles. The predicted molar refractivity (Wildman–Crippen MR) is 143 cm³/mol. The van der Waals surface area contributed by atoms with Gasteiger partial charge in [-0.1, -0.05) is 6.58 Å². The summed E-state index contributed by atoms with van der Waals surface area (Å²) in [5.41, 5.74) is 6.23. The maximum absolute atomic E-state index is 12.8. The fraction of sp³-hybridized carbons (Fsp3) is 0.227. The number of hydrogen-bond donors (Lipinski definition) is 6. The van der Waals surface area contributed by atoms with E-state index >= 15 is 0 Å². The van der Waals surface area contributed by atoms with Crippen LogP contribution in [0.5, 0.6) is 0 Å². The average Bonchev–Trinajstić information content (AvgIpc) is 3.49. The van der Waals surface area contributed by atoms with Crippen LogP contribution in [0.15, 0.2) is 35.5 Å². The highest BCUT2D eigenvalue weighted by atomic mass is 79.9. The third-order valence-corrected chi connectivity index (χ3v) is 5.49. The predicted octanol–water partition coefficient (Wildman–Crippen LogP) is 0.900. The number of anilines is 3. The zero-order valence-corrected chi connectivity index (χ0v) is 22.3. The van der Waals surface area contributed by atoms with Crippen molar-refractivity contribution in [3.63, 3.8) is 0 Å². The lowest BCUT2D eigenvalue weighted by Gasteiger charge is -2.03. The Morgan fingerprint density at radius 2 is 1.45 bits per heavy atom. The number of aromatic nitrogens is 5. The topological polar surface area (TPSA) is 207 Å². The van der Waals surface area contributed by atoms with Crippen molar-refractivity contribution in [2.75, 3.05) is 22.5 Å². The van der Waals surface area contributed by atoms with Crippen molar-refractivity contribution in [2.24, 2.45) is 26.9 Å². The standard InChI is InChI=1S/C22H26BrN11O4/c1-11(23)19(35)27-12-7-13(32(2)10-12)21(37)28-18-9-15(34(4)31-18)22(38)29-17-8-14(33(3)30-17)20(36)26-6-5-16(24)25/h7-10H,1,5-6H2,2-4H3,(H3,24,25)(H,26,36)(H,27,35)(H,28,31,37)(H,29,30,38). The lowest BCUT2D eigenvalue weighted by atomic mass is 10.3. The van der Waals surface area contributed by atoms with Crippen molar-refractivity contribution in [1.82, 2.24) is 29.4 Å². The molecule has 0 bridgehead atoms. The van der Waals surface area contributed by atoms with Crippen molar-refractivity contribution in [3.05, 3.63) is 52.5 Å². The number of carbonyl (C=O) groups excluding carboxylic acids is 4. The van der Waals surface area contributed by atoms with Crippen LogP contribution in [0.25, 0.3) is 0 Å². The van der Waals surface area contributed by atoms with Gasteiger partial charge in [-0.2, -0.15) is 10.2 Å². The van der Waals surface area contributed by atoms with Crippen LogP contribution in [0.2, 0.25) is 0 Å². The van der Waals surface area contributed by atoms with Gasteiger partial charge in [0.1, 0.15) is 17.1 Å². The normalized spacial score (nSPS) is 10.5.